The fourth-order valence-corrected chi connectivity index (χ4v) is 3.30. The highest BCUT2D eigenvalue weighted by atomic mass is 16.5. The van der Waals surface area contributed by atoms with Gasteiger partial charge in [-0.25, -0.2) is 14.6 Å². The lowest BCUT2D eigenvalue weighted by Gasteiger charge is -2.22. The molecule has 0 aliphatic carbocycles. The largest absolute Gasteiger partial charge is 0.460 e. The number of amides is 1. The van der Waals surface area contributed by atoms with Gasteiger partial charge in [0.1, 0.15) is 17.9 Å². The number of carbonyl (C=O) groups is 3. The molecule has 8 heteroatoms. The molecule has 2 aromatic carbocycles. The van der Waals surface area contributed by atoms with Crippen molar-refractivity contribution in [2.75, 3.05) is 11.6 Å². The van der Waals surface area contributed by atoms with E-state index < -0.39 is 11.9 Å². The van der Waals surface area contributed by atoms with Gasteiger partial charge in [-0.3, -0.25) is 4.79 Å². The number of hydrogen-bond acceptors (Lipinski definition) is 7. The number of para-hydroxylation sites is 2. The number of fused-ring (bicyclic) bond motifs is 1. The highest BCUT2D eigenvalue weighted by molar-refractivity contribution is 6.38. The second kappa shape index (κ2) is 8.83. The fourth-order valence-electron chi connectivity index (χ4n) is 3.30. The summed E-state index contributed by atoms with van der Waals surface area (Å²) in [6.07, 6.45) is 0.323. The highest BCUT2D eigenvalue weighted by Crippen LogP contribution is 2.28. The third-order valence-corrected chi connectivity index (χ3v) is 4.78. The minimum absolute atomic E-state index is 0.00234. The van der Waals surface area contributed by atoms with Crippen LogP contribution in [0.2, 0.25) is 0 Å². The average Bonchev–Trinajstić information content (AvgIpc) is 3.17. The van der Waals surface area contributed by atoms with Gasteiger partial charge in [0.2, 0.25) is 11.7 Å². The van der Waals surface area contributed by atoms with Crippen LogP contribution in [0.3, 0.4) is 0 Å². The molecule has 1 aliphatic rings. The minimum atomic E-state index is -0.659. The van der Waals surface area contributed by atoms with Crippen molar-refractivity contribution in [3.8, 4) is 0 Å². The van der Waals surface area contributed by atoms with E-state index in [1.807, 2.05) is 6.07 Å². The minimum Gasteiger partial charge on any atom is -0.460 e. The van der Waals surface area contributed by atoms with Gasteiger partial charge in [0, 0.05) is 18.2 Å². The SMILES string of the molecule is CCOC(=O)c1oc2ccccc2c1COC(=O)C1=NN(c2ccccc2)C(=O)CC1. The molecular formula is C23H20N2O6. The second-order valence-corrected chi connectivity index (χ2v) is 6.79. The smallest absolute Gasteiger partial charge is 0.374 e. The molecular weight excluding hydrogens is 400 g/mol. The van der Waals surface area contributed by atoms with Crippen LogP contribution in [0.1, 0.15) is 35.9 Å². The van der Waals surface area contributed by atoms with E-state index in [4.69, 9.17) is 13.9 Å². The number of rotatable bonds is 6. The van der Waals surface area contributed by atoms with Crippen LogP contribution >= 0.6 is 0 Å². The zero-order chi connectivity index (χ0) is 21.8. The summed E-state index contributed by atoms with van der Waals surface area (Å²) in [6, 6.07) is 15.9. The molecule has 0 radical (unpaired) electrons. The number of carbonyl (C=O) groups excluding carboxylic acids is 3. The predicted octanol–water partition coefficient (Wildman–Crippen LogP) is 3.84. The first-order valence-corrected chi connectivity index (χ1v) is 9.88. The van der Waals surface area contributed by atoms with Crippen molar-refractivity contribution in [2.24, 2.45) is 5.10 Å². The van der Waals surface area contributed by atoms with E-state index in [0.29, 0.717) is 22.2 Å². The Hall–Kier alpha value is -3.94. The Morgan fingerprint density at radius 3 is 2.52 bits per heavy atom. The summed E-state index contributed by atoms with van der Waals surface area (Å²) in [5.41, 5.74) is 1.62. The van der Waals surface area contributed by atoms with E-state index in [9.17, 15) is 14.4 Å². The maximum Gasteiger partial charge on any atom is 0.374 e. The molecule has 0 atom stereocenters. The van der Waals surface area contributed by atoms with Crippen molar-refractivity contribution in [1.82, 2.24) is 0 Å². The van der Waals surface area contributed by atoms with E-state index in [0.717, 1.165) is 0 Å². The van der Waals surface area contributed by atoms with Crippen molar-refractivity contribution in [3.63, 3.8) is 0 Å². The molecule has 0 N–H and O–H groups in total. The number of anilines is 1. The van der Waals surface area contributed by atoms with Crippen LogP contribution in [-0.2, 0) is 25.7 Å². The molecule has 1 aromatic heterocycles. The lowest BCUT2D eigenvalue weighted by atomic mass is 10.1. The summed E-state index contributed by atoms with van der Waals surface area (Å²) in [5.74, 6) is -1.48. The summed E-state index contributed by atoms with van der Waals surface area (Å²) < 4.78 is 16.1. The van der Waals surface area contributed by atoms with E-state index in [1.165, 1.54) is 5.01 Å². The van der Waals surface area contributed by atoms with Gasteiger partial charge >= 0.3 is 11.9 Å². The number of ether oxygens (including phenoxy) is 2. The van der Waals surface area contributed by atoms with Gasteiger partial charge < -0.3 is 13.9 Å². The van der Waals surface area contributed by atoms with Crippen molar-refractivity contribution >= 4 is 40.2 Å². The van der Waals surface area contributed by atoms with Crippen LogP contribution in [0.25, 0.3) is 11.0 Å². The number of esters is 2. The second-order valence-electron chi connectivity index (χ2n) is 6.79. The maximum atomic E-state index is 12.7. The maximum absolute atomic E-state index is 12.7. The molecule has 0 spiro atoms. The zero-order valence-electron chi connectivity index (χ0n) is 16.9. The van der Waals surface area contributed by atoms with Crippen molar-refractivity contribution in [1.29, 1.82) is 0 Å². The van der Waals surface area contributed by atoms with Crippen molar-refractivity contribution < 1.29 is 28.3 Å². The number of hydrogen-bond donors (Lipinski definition) is 0. The average molecular weight is 420 g/mol. The molecule has 4 rings (SSSR count). The lowest BCUT2D eigenvalue weighted by Crippen LogP contribution is -2.34. The van der Waals surface area contributed by atoms with Crippen LogP contribution in [0.5, 0.6) is 0 Å². The number of benzene rings is 2. The zero-order valence-corrected chi connectivity index (χ0v) is 16.9. The number of hydrazone groups is 1. The molecule has 1 aliphatic heterocycles. The molecule has 0 saturated heterocycles. The van der Waals surface area contributed by atoms with Crippen LogP contribution in [0.15, 0.2) is 64.1 Å². The van der Waals surface area contributed by atoms with E-state index in [-0.39, 0.29) is 43.4 Å². The number of furan rings is 1. The molecule has 1 amide bonds. The van der Waals surface area contributed by atoms with Crippen LogP contribution < -0.4 is 5.01 Å². The first-order valence-electron chi connectivity index (χ1n) is 9.88. The van der Waals surface area contributed by atoms with E-state index in [1.54, 1.807) is 55.5 Å². The Labute approximate surface area is 178 Å². The van der Waals surface area contributed by atoms with Gasteiger partial charge in [-0.1, -0.05) is 36.4 Å². The summed E-state index contributed by atoms with van der Waals surface area (Å²) in [5, 5.41) is 6.06. The Bertz CT molecular complexity index is 1170. The summed E-state index contributed by atoms with van der Waals surface area (Å²) in [7, 11) is 0. The molecule has 31 heavy (non-hydrogen) atoms. The van der Waals surface area contributed by atoms with Gasteiger partial charge in [0.15, 0.2) is 0 Å². The molecule has 0 bridgehead atoms. The lowest BCUT2D eigenvalue weighted by molar-refractivity contribution is -0.137. The quantitative estimate of drug-likeness (QED) is 0.562. The first kappa shape index (κ1) is 20.3. The standard InChI is InChI=1S/C23H20N2O6/c1-2-29-23(28)21-17(16-10-6-7-11-19(16)31-21)14-30-22(27)18-12-13-20(26)25(24-18)15-8-4-3-5-9-15/h3-11H,2,12-14H2,1H3. The molecule has 3 aromatic rings. The van der Waals surface area contributed by atoms with Crippen LogP contribution in [-0.4, -0.2) is 30.2 Å². The molecule has 8 nitrogen and oxygen atoms in total. The molecule has 158 valence electrons. The normalized spacial score (nSPS) is 13.8. The van der Waals surface area contributed by atoms with Gasteiger partial charge in [-0.15, -0.1) is 0 Å². The highest BCUT2D eigenvalue weighted by Gasteiger charge is 2.28. The Morgan fingerprint density at radius 2 is 1.74 bits per heavy atom. The van der Waals surface area contributed by atoms with Gasteiger partial charge in [0.05, 0.1) is 17.9 Å². The van der Waals surface area contributed by atoms with Crippen molar-refractivity contribution in [3.05, 3.63) is 65.9 Å². The number of nitrogens with zero attached hydrogens (tertiary/aromatic N) is 2. The topological polar surface area (TPSA) is 98.4 Å². The molecule has 0 unspecified atom stereocenters. The Morgan fingerprint density at radius 1 is 1.00 bits per heavy atom. The Balaban J connectivity index is 1.56. The fraction of sp³-hybridized carbons (Fsp3) is 0.217. The van der Waals surface area contributed by atoms with Gasteiger partial charge in [0.25, 0.3) is 0 Å². The molecule has 0 fully saturated rings. The van der Waals surface area contributed by atoms with Crippen molar-refractivity contribution in [2.45, 2.75) is 26.4 Å². The summed E-state index contributed by atoms with van der Waals surface area (Å²) in [6.45, 7) is 1.69. The van der Waals surface area contributed by atoms with Gasteiger partial charge in [-0.05, 0) is 25.1 Å². The Kier molecular flexibility index (Phi) is 5.79. The summed E-state index contributed by atoms with van der Waals surface area (Å²) in [4.78, 5) is 37.2. The third-order valence-electron chi connectivity index (χ3n) is 4.78. The third kappa shape index (κ3) is 4.18. The van der Waals surface area contributed by atoms with Crippen LogP contribution in [0, 0.1) is 0 Å². The van der Waals surface area contributed by atoms with E-state index >= 15 is 0 Å². The van der Waals surface area contributed by atoms with Gasteiger partial charge in [-0.2, -0.15) is 5.10 Å². The molecule has 0 saturated carbocycles. The van der Waals surface area contributed by atoms with E-state index in [2.05, 4.69) is 5.10 Å². The summed E-state index contributed by atoms with van der Waals surface area (Å²) >= 11 is 0. The monoisotopic (exact) mass is 420 g/mol. The first-order chi connectivity index (χ1) is 15.1. The predicted molar refractivity (Wildman–Crippen MR) is 113 cm³/mol. The van der Waals surface area contributed by atoms with Crippen LogP contribution in [0.4, 0.5) is 5.69 Å². The molecule has 2 heterocycles.